The van der Waals surface area contributed by atoms with E-state index >= 15 is 0 Å². The Morgan fingerprint density at radius 3 is 2.24 bits per heavy atom. The van der Waals surface area contributed by atoms with Gasteiger partial charge in [0, 0.05) is 30.2 Å². The highest BCUT2D eigenvalue weighted by Crippen LogP contribution is 2.16. The number of methoxy groups -OCH3 is 1. The van der Waals surface area contributed by atoms with E-state index in [1.54, 1.807) is 35.9 Å². The van der Waals surface area contributed by atoms with Crippen LogP contribution in [0.2, 0.25) is 5.02 Å². The second-order valence-corrected chi connectivity index (χ2v) is 8.50. The zero-order valence-corrected chi connectivity index (χ0v) is 19.5. The Bertz CT molecular complexity index is 1310. The molecule has 1 aromatic heterocycles. The molecule has 0 aliphatic heterocycles. The van der Waals surface area contributed by atoms with Gasteiger partial charge in [-0.25, -0.2) is 0 Å². The SMILES string of the molecule is COc1ccc(CN(C)CCn2c(=N)n(CC(=O)c3ccc(Cl)cc3)c3ccccc32)cc1. The number of nitrogens with one attached hydrogen (secondary N) is 1. The molecule has 0 amide bonds. The Morgan fingerprint density at radius 1 is 0.970 bits per heavy atom. The molecule has 4 rings (SSSR count). The summed E-state index contributed by atoms with van der Waals surface area (Å²) in [6.45, 7) is 2.32. The van der Waals surface area contributed by atoms with E-state index < -0.39 is 0 Å². The Balaban J connectivity index is 1.52. The van der Waals surface area contributed by atoms with Crippen LogP contribution in [0.4, 0.5) is 0 Å². The molecule has 1 N–H and O–H groups in total. The average molecular weight is 463 g/mol. The molecule has 0 unspecified atom stereocenters. The minimum absolute atomic E-state index is 0.0512. The van der Waals surface area contributed by atoms with Crippen LogP contribution < -0.4 is 10.4 Å². The first kappa shape index (κ1) is 22.8. The lowest BCUT2D eigenvalue weighted by molar-refractivity contribution is 0.0971. The normalized spacial score (nSPS) is 11.3. The summed E-state index contributed by atoms with van der Waals surface area (Å²) in [6, 6.07) is 22.8. The van der Waals surface area contributed by atoms with Gasteiger partial charge in [0.05, 0.1) is 24.7 Å². The van der Waals surface area contributed by atoms with Crippen molar-refractivity contribution in [3.05, 3.63) is 94.6 Å². The summed E-state index contributed by atoms with van der Waals surface area (Å²) in [6.07, 6.45) is 0. The molecule has 7 heteroatoms. The van der Waals surface area contributed by atoms with Gasteiger partial charge in [-0.1, -0.05) is 35.9 Å². The minimum Gasteiger partial charge on any atom is -0.497 e. The van der Waals surface area contributed by atoms with Crippen LogP contribution >= 0.6 is 11.6 Å². The Morgan fingerprint density at radius 2 is 1.61 bits per heavy atom. The number of hydrogen-bond donors (Lipinski definition) is 1. The lowest BCUT2D eigenvalue weighted by Gasteiger charge is -2.17. The van der Waals surface area contributed by atoms with Crippen molar-refractivity contribution in [3.63, 3.8) is 0 Å². The van der Waals surface area contributed by atoms with Crippen molar-refractivity contribution in [2.24, 2.45) is 0 Å². The first-order valence-corrected chi connectivity index (χ1v) is 11.2. The van der Waals surface area contributed by atoms with Crippen LogP contribution in [0.15, 0.2) is 72.8 Å². The summed E-state index contributed by atoms with van der Waals surface area (Å²) in [5, 5.41) is 9.39. The fraction of sp³-hybridized carbons (Fsp3) is 0.231. The number of hydrogen-bond acceptors (Lipinski definition) is 4. The van der Waals surface area contributed by atoms with Crippen molar-refractivity contribution in [1.82, 2.24) is 14.0 Å². The van der Waals surface area contributed by atoms with Gasteiger partial charge in [-0.3, -0.25) is 10.2 Å². The highest BCUT2D eigenvalue weighted by atomic mass is 35.5. The Labute approximate surface area is 198 Å². The number of halogens is 1. The van der Waals surface area contributed by atoms with Crippen LogP contribution in [0.1, 0.15) is 15.9 Å². The van der Waals surface area contributed by atoms with Gasteiger partial charge < -0.3 is 18.8 Å². The van der Waals surface area contributed by atoms with Gasteiger partial charge in [0.15, 0.2) is 5.78 Å². The third-order valence-electron chi connectivity index (χ3n) is 5.76. The van der Waals surface area contributed by atoms with Crippen LogP contribution in [0, 0.1) is 5.41 Å². The number of fused-ring (bicyclic) bond motifs is 1. The first-order chi connectivity index (χ1) is 16.0. The number of ether oxygens (including phenoxy) is 1. The number of likely N-dealkylation sites (N-methyl/N-ethyl adjacent to an activating group) is 1. The third kappa shape index (κ3) is 5.18. The van der Waals surface area contributed by atoms with Crippen LogP contribution in [0.25, 0.3) is 11.0 Å². The summed E-state index contributed by atoms with van der Waals surface area (Å²) in [5.41, 5.74) is 3.93. The van der Waals surface area contributed by atoms with E-state index in [9.17, 15) is 4.79 Å². The number of para-hydroxylation sites is 2. The van der Waals surface area contributed by atoms with E-state index in [4.69, 9.17) is 21.7 Å². The van der Waals surface area contributed by atoms with Gasteiger partial charge >= 0.3 is 0 Å². The maximum atomic E-state index is 12.9. The summed E-state index contributed by atoms with van der Waals surface area (Å²) in [4.78, 5) is 15.1. The van der Waals surface area contributed by atoms with Crippen molar-refractivity contribution in [3.8, 4) is 5.75 Å². The van der Waals surface area contributed by atoms with Crippen LogP contribution in [0.5, 0.6) is 5.75 Å². The molecule has 3 aromatic carbocycles. The first-order valence-electron chi connectivity index (χ1n) is 10.8. The summed E-state index contributed by atoms with van der Waals surface area (Å²) in [5.74, 6) is 0.793. The molecule has 33 heavy (non-hydrogen) atoms. The van der Waals surface area contributed by atoms with Crippen molar-refractivity contribution in [2.45, 2.75) is 19.6 Å². The van der Waals surface area contributed by atoms with Crippen molar-refractivity contribution in [2.75, 3.05) is 20.7 Å². The highest BCUT2D eigenvalue weighted by Gasteiger charge is 2.15. The number of imidazole rings is 1. The summed E-state index contributed by atoms with van der Waals surface area (Å²) in [7, 11) is 3.73. The van der Waals surface area contributed by atoms with Crippen LogP contribution in [-0.2, 0) is 19.6 Å². The second-order valence-electron chi connectivity index (χ2n) is 8.07. The maximum Gasteiger partial charge on any atom is 0.203 e. The number of benzene rings is 3. The number of Topliss-reactive ketones (excluding diaryl/α,β-unsaturated/α-hetero) is 1. The van der Waals surface area contributed by atoms with Crippen molar-refractivity contribution >= 4 is 28.4 Å². The van der Waals surface area contributed by atoms with E-state index in [1.165, 1.54) is 5.56 Å². The number of aromatic nitrogens is 2. The zero-order valence-electron chi connectivity index (χ0n) is 18.8. The standard InChI is InChI=1S/C26H27ClN4O2/c1-29(17-19-7-13-22(33-2)14-8-19)15-16-30-23-5-3-4-6-24(23)31(26(30)28)18-25(32)20-9-11-21(27)12-10-20/h3-14,28H,15-18H2,1-2H3. The van der Waals surface area contributed by atoms with Gasteiger partial charge in [0.2, 0.25) is 5.62 Å². The van der Waals surface area contributed by atoms with Crippen molar-refractivity contribution < 1.29 is 9.53 Å². The number of ketones is 1. The lowest BCUT2D eigenvalue weighted by atomic mass is 10.1. The fourth-order valence-electron chi connectivity index (χ4n) is 3.94. The van der Waals surface area contributed by atoms with Crippen LogP contribution in [0.3, 0.4) is 0 Å². The minimum atomic E-state index is -0.0512. The average Bonchev–Trinajstić information content (AvgIpc) is 3.09. The molecule has 0 aliphatic carbocycles. The van der Waals surface area contributed by atoms with E-state index in [-0.39, 0.29) is 12.3 Å². The number of carbonyl (C=O) groups excluding carboxylic acids is 1. The van der Waals surface area contributed by atoms with Gasteiger partial charge in [-0.05, 0) is 61.1 Å². The van der Waals surface area contributed by atoms with E-state index in [2.05, 4.69) is 24.1 Å². The maximum absolute atomic E-state index is 12.9. The van der Waals surface area contributed by atoms with Gasteiger partial charge in [-0.15, -0.1) is 0 Å². The molecule has 0 atom stereocenters. The van der Waals surface area contributed by atoms with Gasteiger partial charge in [-0.2, -0.15) is 0 Å². The molecule has 0 saturated carbocycles. The largest absolute Gasteiger partial charge is 0.497 e. The summed E-state index contributed by atoms with van der Waals surface area (Å²) >= 11 is 5.95. The molecule has 6 nitrogen and oxygen atoms in total. The topological polar surface area (TPSA) is 63.2 Å². The second kappa shape index (κ2) is 10.1. The molecular weight excluding hydrogens is 436 g/mol. The van der Waals surface area contributed by atoms with Crippen molar-refractivity contribution in [1.29, 1.82) is 5.41 Å². The molecule has 4 aromatic rings. The van der Waals surface area contributed by atoms with E-state index in [0.717, 1.165) is 29.9 Å². The number of rotatable bonds is 9. The smallest absolute Gasteiger partial charge is 0.203 e. The van der Waals surface area contributed by atoms with Crippen LogP contribution in [-0.4, -0.2) is 40.5 Å². The quantitative estimate of drug-likeness (QED) is 0.370. The molecule has 1 heterocycles. The van der Waals surface area contributed by atoms with Gasteiger partial charge in [0.1, 0.15) is 5.75 Å². The predicted octanol–water partition coefficient (Wildman–Crippen LogP) is 4.60. The van der Waals surface area contributed by atoms with Gasteiger partial charge in [0.25, 0.3) is 0 Å². The Hall–Kier alpha value is -3.35. The summed E-state index contributed by atoms with van der Waals surface area (Å²) < 4.78 is 8.97. The zero-order chi connectivity index (χ0) is 23.4. The fourth-order valence-corrected chi connectivity index (χ4v) is 4.07. The highest BCUT2D eigenvalue weighted by molar-refractivity contribution is 6.30. The molecular formula is C26H27ClN4O2. The number of carbonyl (C=O) groups is 1. The Kier molecular flexibility index (Phi) is 6.96. The molecule has 0 aliphatic rings. The molecule has 0 fully saturated rings. The third-order valence-corrected chi connectivity index (χ3v) is 6.01. The molecule has 0 saturated heterocycles. The lowest BCUT2D eigenvalue weighted by Crippen LogP contribution is -2.31. The van der Waals surface area contributed by atoms with E-state index in [1.807, 2.05) is 41.0 Å². The molecule has 0 radical (unpaired) electrons. The van der Waals surface area contributed by atoms with E-state index in [0.29, 0.717) is 22.7 Å². The number of nitrogens with zero attached hydrogens (tertiary/aromatic N) is 3. The molecule has 170 valence electrons. The monoisotopic (exact) mass is 462 g/mol. The predicted molar refractivity (Wildman–Crippen MR) is 131 cm³/mol. The molecule has 0 bridgehead atoms. The molecule has 0 spiro atoms.